The molecule has 4 nitrogen and oxygen atoms in total. The summed E-state index contributed by atoms with van der Waals surface area (Å²) in [7, 11) is 5.58. The van der Waals surface area contributed by atoms with Crippen LogP contribution in [0.15, 0.2) is 48.5 Å². The molecule has 1 atom stereocenters. The Morgan fingerprint density at radius 2 is 1.76 bits per heavy atom. The van der Waals surface area contributed by atoms with Crippen LogP contribution in [-0.4, -0.2) is 38.6 Å². The topological polar surface area (TPSA) is 41.6 Å². The molecule has 0 saturated heterocycles. The Morgan fingerprint density at radius 3 is 2.32 bits per heavy atom. The van der Waals surface area contributed by atoms with Crippen LogP contribution >= 0.6 is 0 Å². The zero-order valence-corrected chi connectivity index (χ0v) is 15.0. The molecule has 0 aliphatic carbocycles. The molecule has 0 aliphatic rings. The standard InChI is InChI=1S/C20H25FN2O2/c1-23(2)13-12-19(16-6-8-17(21)9-7-16)22-20(24)14-15-4-10-18(25-3)11-5-15/h4-11,19H,12-14H2,1-3H3,(H,22,24). The number of carbonyl (C=O) groups is 1. The molecule has 25 heavy (non-hydrogen) atoms. The Balaban J connectivity index is 2.03. The third-order valence-electron chi connectivity index (χ3n) is 4.00. The van der Waals surface area contributed by atoms with Gasteiger partial charge >= 0.3 is 0 Å². The third-order valence-corrected chi connectivity index (χ3v) is 4.00. The molecule has 134 valence electrons. The molecule has 0 fully saturated rings. The highest BCUT2D eigenvalue weighted by Gasteiger charge is 2.15. The first-order chi connectivity index (χ1) is 12.0. The first-order valence-electron chi connectivity index (χ1n) is 8.30. The van der Waals surface area contributed by atoms with Gasteiger partial charge < -0.3 is 15.0 Å². The van der Waals surface area contributed by atoms with Crippen molar-refractivity contribution >= 4 is 5.91 Å². The van der Waals surface area contributed by atoms with E-state index in [1.807, 2.05) is 38.4 Å². The smallest absolute Gasteiger partial charge is 0.224 e. The Kier molecular flexibility index (Phi) is 6.95. The van der Waals surface area contributed by atoms with Crippen molar-refractivity contribution in [2.75, 3.05) is 27.7 Å². The summed E-state index contributed by atoms with van der Waals surface area (Å²) in [5.41, 5.74) is 1.83. The third kappa shape index (κ3) is 6.19. The number of amides is 1. The zero-order chi connectivity index (χ0) is 18.2. The van der Waals surface area contributed by atoms with Gasteiger partial charge in [-0.2, -0.15) is 0 Å². The SMILES string of the molecule is COc1ccc(CC(=O)NC(CCN(C)C)c2ccc(F)cc2)cc1. The lowest BCUT2D eigenvalue weighted by Crippen LogP contribution is -2.32. The van der Waals surface area contributed by atoms with Gasteiger partial charge in [-0.25, -0.2) is 4.39 Å². The molecule has 0 heterocycles. The van der Waals surface area contributed by atoms with Crippen molar-refractivity contribution in [3.05, 3.63) is 65.5 Å². The average molecular weight is 344 g/mol. The Labute approximate surface area is 148 Å². The summed E-state index contributed by atoms with van der Waals surface area (Å²) in [5, 5.41) is 3.07. The molecule has 0 aromatic heterocycles. The highest BCUT2D eigenvalue weighted by atomic mass is 19.1. The number of nitrogens with zero attached hydrogens (tertiary/aromatic N) is 1. The Bertz CT molecular complexity index is 669. The van der Waals surface area contributed by atoms with Gasteiger partial charge in [-0.05, 0) is 62.5 Å². The van der Waals surface area contributed by atoms with Crippen molar-refractivity contribution in [2.24, 2.45) is 0 Å². The molecule has 5 heteroatoms. The van der Waals surface area contributed by atoms with Crippen LogP contribution in [0.5, 0.6) is 5.75 Å². The van der Waals surface area contributed by atoms with Crippen molar-refractivity contribution in [3.8, 4) is 5.75 Å². The summed E-state index contributed by atoms with van der Waals surface area (Å²) < 4.78 is 18.3. The maximum atomic E-state index is 13.2. The molecule has 0 bridgehead atoms. The van der Waals surface area contributed by atoms with E-state index in [0.717, 1.165) is 29.8 Å². The van der Waals surface area contributed by atoms with Crippen LogP contribution in [-0.2, 0) is 11.2 Å². The molecule has 2 aromatic rings. The van der Waals surface area contributed by atoms with Crippen molar-refractivity contribution in [1.82, 2.24) is 10.2 Å². The molecule has 0 saturated carbocycles. The van der Waals surface area contributed by atoms with Crippen molar-refractivity contribution < 1.29 is 13.9 Å². The molecular weight excluding hydrogens is 319 g/mol. The van der Waals surface area contributed by atoms with E-state index < -0.39 is 0 Å². The van der Waals surface area contributed by atoms with Crippen molar-refractivity contribution in [1.29, 1.82) is 0 Å². The quantitative estimate of drug-likeness (QED) is 0.800. The van der Waals surface area contributed by atoms with E-state index in [-0.39, 0.29) is 17.8 Å². The minimum atomic E-state index is -0.278. The summed E-state index contributed by atoms with van der Waals surface area (Å²) in [6, 6.07) is 13.6. The molecule has 0 spiro atoms. The van der Waals surface area contributed by atoms with Crippen LogP contribution in [0.4, 0.5) is 4.39 Å². The van der Waals surface area contributed by atoms with E-state index in [1.54, 1.807) is 19.2 Å². The predicted octanol–water partition coefficient (Wildman–Crippen LogP) is 3.19. The van der Waals surface area contributed by atoms with E-state index >= 15 is 0 Å². The lowest BCUT2D eigenvalue weighted by atomic mass is 10.0. The van der Waals surface area contributed by atoms with E-state index in [1.165, 1.54) is 12.1 Å². The van der Waals surface area contributed by atoms with E-state index in [0.29, 0.717) is 6.42 Å². The lowest BCUT2D eigenvalue weighted by Gasteiger charge is -2.21. The summed E-state index contributed by atoms with van der Waals surface area (Å²) >= 11 is 0. The second-order valence-electron chi connectivity index (χ2n) is 6.29. The first-order valence-corrected chi connectivity index (χ1v) is 8.30. The second kappa shape index (κ2) is 9.18. The van der Waals surface area contributed by atoms with Crippen molar-refractivity contribution in [3.63, 3.8) is 0 Å². The number of methoxy groups -OCH3 is 1. The predicted molar refractivity (Wildman–Crippen MR) is 97.2 cm³/mol. The van der Waals surface area contributed by atoms with Crippen LogP contribution in [0, 0.1) is 5.82 Å². The fraction of sp³-hybridized carbons (Fsp3) is 0.350. The van der Waals surface area contributed by atoms with Crippen LogP contribution in [0.1, 0.15) is 23.6 Å². The number of hydrogen-bond acceptors (Lipinski definition) is 3. The number of rotatable bonds is 8. The maximum absolute atomic E-state index is 13.2. The monoisotopic (exact) mass is 344 g/mol. The van der Waals surface area contributed by atoms with Gasteiger partial charge in [0.05, 0.1) is 19.6 Å². The van der Waals surface area contributed by atoms with E-state index in [4.69, 9.17) is 4.74 Å². The minimum Gasteiger partial charge on any atom is -0.497 e. The Hall–Kier alpha value is -2.40. The second-order valence-corrected chi connectivity index (χ2v) is 6.29. The fourth-order valence-electron chi connectivity index (χ4n) is 2.58. The van der Waals surface area contributed by atoms with Crippen LogP contribution < -0.4 is 10.1 Å². The summed E-state index contributed by atoms with van der Waals surface area (Å²) in [6.45, 7) is 0.824. The average Bonchev–Trinajstić information content (AvgIpc) is 2.60. The van der Waals surface area contributed by atoms with Gasteiger partial charge in [-0.1, -0.05) is 24.3 Å². The van der Waals surface area contributed by atoms with Gasteiger partial charge in [-0.3, -0.25) is 4.79 Å². The van der Waals surface area contributed by atoms with Crippen molar-refractivity contribution in [2.45, 2.75) is 18.9 Å². The van der Waals surface area contributed by atoms with Gasteiger partial charge in [0.25, 0.3) is 0 Å². The summed E-state index contributed by atoms with van der Waals surface area (Å²) in [4.78, 5) is 14.5. The maximum Gasteiger partial charge on any atom is 0.224 e. The molecular formula is C20H25FN2O2. The molecule has 0 radical (unpaired) electrons. The Morgan fingerprint density at radius 1 is 1.12 bits per heavy atom. The fourth-order valence-corrected chi connectivity index (χ4v) is 2.58. The number of ether oxygens (including phenoxy) is 1. The normalized spacial score (nSPS) is 12.0. The minimum absolute atomic E-state index is 0.0572. The summed E-state index contributed by atoms with van der Waals surface area (Å²) in [6.07, 6.45) is 1.05. The highest BCUT2D eigenvalue weighted by molar-refractivity contribution is 5.79. The molecule has 0 aliphatic heterocycles. The van der Waals surface area contributed by atoms with E-state index in [9.17, 15) is 9.18 Å². The van der Waals surface area contributed by atoms with Gasteiger partial charge in [0.2, 0.25) is 5.91 Å². The zero-order valence-electron chi connectivity index (χ0n) is 15.0. The van der Waals surface area contributed by atoms with Gasteiger partial charge in [0, 0.05) is 0 Å². The molecule has 1 amide bonds. The molecule has 2 aromatic carbocycles. The number of benzene rings is 2. The first kappa shape index (κ1) is 18.9. The number of hydrogen-bond donors (Lipinski definition) is 1. The lowest BCUT2D eigenvalue weighted by molar-refractivity contribution is -0.121. The summed E-state index contributed by atoms with van der Waals surface area (Å²) in [5.74, 6) is 0.428. The van der Waals surface area contributed by atoms with Gasteiger partial charge in [0.15, 0.2) is 0 Å². The number of carbonyl (C=O) groups excluding carboxylic acids is 1. The van der Waals surface area contributed by atoms with E-state index in [2.05, 4.69) is 10.2 Å². The molecule has 1 unspecified atom stereocenters. The van der Waals surface area contributed by atoms with Gasteiger partial charge in [-0.15, -0.1) is 0 Å². The highest BCUT2D eigenvalue weighted by Crippen LogP contribution is 2.18. The van der Waals surface area contributed by atoms with Crippen LogP contribution in [0.25, 0.3) is 0 Å². The van der Waals surface area contributed by atoms with Crippen LogP contribution in [0.3, 0.4) is 0 Å². The van der Waals surface area contributed by atoms with Gasteiger partial charge in [0.1, 0.15) is 11.6 Å². The number of halogens is 1. The molecule has 1 N–H and O–H groups in total. The number of nitrogens with one attached hydrogen (secondary N) is 1. The largest absolute Gasteiger partial charge is 0.497 e. The van der Waals surface area contributed by atoms with Crippen LogP contribution in [0.2, 0.25) is 0 Å². The molecule has 2 rings (SSSR count).